The second-order valence-corrected chi connectivity index (χ2v) is 16.5. The fourth-order valence-electron chi connectivity index (χ4n) is 9.85. The molecule has 0 saturated carbocycles. The SMILES string of the molecule is OB(O)c1ccccc1.c1ccc(C2=C3C(=C(c4ccccc4)c4cc(-c5ccccc5)c(-c5ccccc5)cc43)C(c3cccc4ccccc34)=C2c2cccc3ccccc23)cc1. The molecule has 0 unspecified atom stereocenters. The first-order valence-electron chi connectivity index (χ1n) is 22.2. The quantitative estimate of drug-likeness (QED) is 0.157. The van der Waals surface area contributed by atoms with Crippen LogP contribution in [-0.2, 0) is 0 Å². The Bertz CT molecular complexity index is 3450. The van der Waals surface area contributed by atoms with Gasteiger partial charge in [0.25, 0.3) is 0 Å². The van der Waals surface area contributed by atoms with Crippen LogP contribution in [0.25, 0.3) is 71.7 Å². The topological polar surface area (TPSA) is 40.5 Å². The molecule has 0 spiro atoms. The Balaban J connectivity index is 0.000000468. The summed E-state index contributed by atoms with van der Waals surface area (Å²) < 4.78 is 0. The lowest BCUT2D eigenvalue weighted by Crippen LogP contribution is -2.29. The highest BCUT2D eigenvalue weighted by Crippen LogP contribution is 2.63. The van der Waals surface area contributed by atoms with Gasteiger partial charge in [0.15, 0.2) is 0 Å². The largest absolute Gasteiger partial charge is 0.488 e. The zero-order valence-corrected chi connectivity index (χ0v) is 35.6. The molecule has 0 saturated heterocycles. The highest BCUT2D eigenvalue weighted by atomic mass is 16.4. The molecule has 65 heavy (non-hydrogen) atoms. The second kappa shape index (κ2) is 17.2. The van der Waals surface area contributed by atoms with Crippen LogP contribution < -0.4 is 5.46 Å². The number of benzene rings is 10. The molecule has 0 aromatic heterocycles. The van der Waals surface area contributed by atoms with Gasteiger partial charge in [0.1, 0.15) is 0 Å². The van der Waals surface area contributed by atoms with Crippen molar-refractivity contribution in [2.45, 2.75) is 0 Å². The van der Waals surface area contributed by atoms with E-state index in [2.05, 4.69) is 218 Å². The van der Waals surface area contributed by atoms with Gasteiger partial charge < -0.3 is 10.0 Å². The van der Waals surface area contributed by atoms with E-state index in [9.17, 15) is 0 Å². The Morgan fingerprint density at radius 2 is 0.569 bits per heavy atom. The summed E-state index contributed by atoms with van der Waals surface area (Å²) in [5.41, 5.74) is 20.6. The minimum absolute atomic E-state index is 0.525. The van der Waals surface area contributed by atoms with Crippen LogP contribution in [0.1, 0.15) is 33.4 Å². The lowest BCUT2D eigenvalue weighted by atomic mass is 9.81. The Kier molecular flexibility index (Phi) is 10.5. The maximum Gasteiger partial charge on any atom is 0.488 e. The maximum atomic E-state index is 8.58. The van der Waals surface area contributed by atoms with E-state index < -0.39 is 7.12 Å². The summed E-state index contributed by atoms with van der Waals surface area (Å²) in [6, 6.07) is 89.0. The standard InChI is InChI=1S/C56H36.C6H7BO2/c1-5-19-39(20-6-1)47-35-49-50(36-48(47)40-21-7-2-8-22-40)55-52(42-27-11-4-12-28-42)53(45-33-17-29-37-23-13-15-31-43(37)45)54(56(55)51(49)41-25-9-3-10-26-41)46-34-18-30-38-24-14-16-32-44(38)46;8-7(9)6-4-2-1-3-5-6/h1-36H;1-5,8-9H. The first-order valence-corrected chi connectivity index (χ1v) is 22.2. The smallest absolute Gasteiger partial charge is 0.423 e. The molecule has 2 N–H and O–H groups in total. The lowest BCUT2D eigenvalue weighted by molar-refractivity contribution is 0.426. The number of allylic oxidation sites excluding steroid dienone is 5. The minimum Gasteiger partial charge on any atom is -0.423 e. The van der Waals surface area contributed by atoms with Gasteiger partial charge in [0.05, 0.1) is 0 Å². The first kappa shape index (κ1) is 39.8. The van der Waals surface area contributed by atoms with E-state index in [-0.39, 0.29) is 0 Å². The van der Waals surface area contributed by atoms with Crippen LogP contribution in [0.5, 0.6) is 0 Å². The van der Waals surface area contributed by atoms with Crippen molar-refractivity contribution < 1.29 is 10.0 Å². The zero-order valence-electron chi connectivity index (χ0n) is 35.6. The highest BCUT2D eigenvalue weighted by Gasteiger charge is 2.41. The summed E-state index contributed by atoms with van der Waals surface area (Å²) in [5.74, 6) is 0. The Morgan fingerprint density at radius 1 is 0.231 bits per heavy atom. The molecule has 306 valence electrons. The van der Waals surface area contributed by atoms with Gasteiger partial charge in [-0.15, -0.1) is 0 Å². The lowest BCUT2D eigenvalue weighted by Gasteiger charge is -2.20. The summed E-state index contributed by atoms with van der Waals surface area (Å²) in [5, 5.41) is 22.1. The molecule has 0 atom stereocenters. The molecular formula is C62H43BO2. The van der Waals surface area contributed by atoms with Gasteiger partial charge in [-0.2, -0.15) is 0 Å². The van der Waals surface area contributed by atoms with Crippen LogP contribution in [-0.4, -0.2) is 17.2 Å². The minimum atomic E-state index is -1.34. The zero-order chi connectivity index (χ0) is 43.7. The molecule has 10 aromatic carbocycles. The van der Waals surface area contributed by atoms with E-state index in [0.717, 1.165) is 0 Å². The van der Waals surface area contributed by atoms with Crippen molar-refractivity contribution in [1.82, 2.24) is 0 Å². The monoisotopic (exact) mass is 830 g/mol. The Hall–Kier alpha value is -8.08. The van der Waals surface area contributed by atoms with Crippen LogP contribution in [0.2, 0.25) is 0 Å². The molecule has 0 heterocycles. The van der Waals surface area contributed by atoms with E-state index in [4.69, 9.17) is 10.0 Å². The third-order valence-electron chi connectivity index (χ3n) is 12.7. The summed E-state index contributed by atoms with van der Waals surface area (Å²) in [6.07, 6.45) is 0. The molecule has 0 radical (unpaired) electrons. The fraction of sp³-hybridized carbons (Fsp3) is 0. The van der Waals surface area contributed by atoms with Crippen LogP contribution in [0, 0.1) is 0 Å². The van der Waals surface area contributed by atoms with Crippen molar-refractivity contribution in [1.29, 1.82) is 0 Å². The molecule has 2 aliphatic rings. The second-order valence-electron chi connectivity index (χ2n) is 16.5. The average Bonchev–Trinajstić information content (AvgIpc) is 3.89. The molecule has 0 bridgehead atoms. The Morgan fingerprint density at radius 3 is 1.02 bits per heavy atom. The van der Waals surface area contributed by atoms with E-state index in [1.807, 2.05) is 6.07 Å². The highest BCUT2D eigenvalue weighted by molar-refractivity contribution is 6.58. The molecule has 3 heteroatoms. The van der Waals surface area contributed by atoms with Crippen LogP contribution in [0.4, 0.5) is 0 Å². The summed E-state index contributed by atoms with van der Waals surface area (Å²) in [4.78, 5) is 0. The third kappa shape index (κ3) is 7.23. The average molecular weight is 831 g/mol. The van der Waals surface area contributed by atoms with E-state index in [1.54, 1.807) is 24.3 Å². The van der Waals surface area contributed by atoms with Gasteiger partial charge in [0, 0.05) is 0 Å². The summed E-state index contributed by atoms with van der Waals surface area (Å²) in [7, 11) is -1.34. The number of hydrogen-bond donors (Lipinski definition) is 2. The van der Waals surface area contributed by atoms with Gasteiger partial charge >= 0.3 is 7.12 Å². The number of hydrogen-bond acceptors (Lipinski definition) is 2. The fourth-order valence-corrected chi connectivity index (χ4v) is 9.85. The van der Waals surface area contributed by atoms with Crippen molar-refractivity contribution in [2.75, 3.05) is 0 Å². The summed E-state index contributed by atoms with van der Waals surface area (Å²) >= 11 is 0. The predicted octanol–water partition coefficient (Wildman–Crippen LogP) is 14.0. The predicted molar refractivity (Wildman–Crippen MR) is 274 cm³/mol. The summed E-state index contributed by atoms with van der Waals surface area (Å²) in [6.45, 7) is 0. The van der Waals surface area contributed by atoms with E-state index in [1.165, 1.54) is 111 Å². The molecule has 0 aliphatic heterocycles. The van der Waals surface area contributed by atoms with Gasteiger partial charge in [-0.3, -0.25) is 0 Å². The van der Waals surface area contributed by atoms with Gasteiger partial charge in [-0.25, -0.2) is 0 Å². The molecule has 0 fully saturated rings. The molecule has 2 nitrogen and oxygen atoms in total. The third-order valence-corrected chi connectivity index (χ3v) is 12.7. The van der Waals surface area contributed by atoms with Gasteiger partial charge in [-0.05, 0) is 128 Å². The number of rotatable bonds is 7. The van der Waals surface area contributed by atoms with Crippen molar-refractivity contribution in [3.05, 3.63) is 288 Å². The van der Waals surface area contributed by atoms with Crippen molar-refractivity contribution in [2.24, 2.45) is 0 Å². The molecular weight excluding hydrogens is 787 g/mol. The normalized spacial score (nSPS) is 12.9. The maximum absolute atomic E-state index is 8.58. The molecule has 0 amide bonds. The first-order chi connectivity index (χ1) is 32.1. The van der Waals surface area contributed by atoms with Crippen LogP contribution in [0.3, 0.4) is 0 Å². The molecule has 2 aliphatic carbocycles. The van der Waals surface area contributed by atoms with Crippen LogP contribution >= 0.6 is 0 Å². The Labute approximate surface area is 380 Å². The number of fused-ring (bicyclic) bond motifs is 5. The molecule has 12 rings (SSSR count). The van der Waals surface area contributed by atoms with Crippen LogP contribution in [0.15, 0.2) is 254 Å². The molecule has 10 aromatic rings. The van der Waals surface area contributed by atoms with E-state index >= 15 is 0 Å². The van der Waals surface area contributed by atoms with Gasteiger partial charge in [0.2, 0.25) is 0 Å². The van der Waals surface area contributed by atoms with Crippen molar-refractivity contribution in [3.63, 3.8) is 0 Å². The van der Waals surface area contributed by atoms with Crippen molar-refractivity contribution in [3.8, 4) is 22.3 Å². The van der Waals surface area contributed by atoms with E-state index in [0.29, 0.717) is 5.46 Å². The van der Waals surface area contributed by atoms with Gasteiger partial charge in [-0.1, -0.05) is 237 Å². The van der Waals surface area contributed by atoms with Crippen molar-refractivity contribution >= 4 is 62.0 Å².